The summed E-state index contributed by atoms with van der Waals surface area (Å²) in [7, 11) is 0. The third-order valence-electron chi connectivity index (χ3n) is 4.02. The van der Waals surface area contributed by atoms with Gasteiger partial charge in [-0.15, -0.1) is 16.4 Å². The molecular weight excluding hydrogens is 288 g/mol. The fourth-order valence-corrected chi connectivity index (χ4v) is 3.24. The summed E-state index contributed by atoms with van der Waals surface area (Å²) in [6.45, 7) is 6.17. The third kappa shape index (κ3) is 2.97. The maximum absolute atomic E-state index is 11.6. The van der Waals surface area contributed by atoms with Gasteiger partial charge in [0.15, 0.2) is 5.82 Å². The molecule has 0 radical (unpaired) electrons. The molecule has 0 amide bonds. The zero-order valence-electron chi connectivity index (χ0n) is 12.5. The Morgan fingerprint density at radius 1 is 1.33 bits per heavy atom. The van der Waals surface area contributed by atoms with Crippen molar-refractivity contribution < 1.29 is 9.90 Å². The first-order valence-electron chi connectivity index (χ1n) is 7.15. The smallest absolute Gasteiger partial charge is 0.311 e. The second kappa shape index (κ2) is 6.34. The number of carboxylic acids is 1. The lowest BCUT2D eigenvalue weighted by Gasteiger charge is -2.26. The molecule has 2 aromatic heterocycles. The normalized spacial score (nSPS) is 11.8. The van der Waals surface area contributed by atoms with Gasteiger partial charge in [-0.2, -0.15) is 0 Å². The van der Waals surface area contributed by atoms with Gasteiger partial charge in [-0.25, -0.2) is 4.68 Å². The molecule has 6 nitrogen and oxygen atoms in total. The number of aliphatic carboxylic acids is 1. The van der Waals surface area contributed by atoms with Crippen LogP contribution in [-0.4, -0.2) is 31.3 Å². The van der Waals surface area contributed by atoms with Gasteiger partial charge >= 0.3 is 5.97 Å². The van der Waals surface area contributed by atoms with Gasteiger partial charge in [0, 0.05) is 4.88 Å². The highest BCUT2D eigenvalue weighted by atomic mass is 32.1. The molecule has 2 heterocycles. The van der Waals surface area contributed by atoms with Gasteiger partial charge < -0.3 is 5.11 Å². The van der Waals surface area contributed by atoms with Gasteiger partial charge in [-0.05, 0) is 41.8 Å². The largest absolute Gasteiger partial charge is 0.481 e. The summed E-state index contributed by atoms with van der Waals surface area (Å²) >= 11 is 1.64. The number of hydrogen-bond acceptors (Lipinski definition) is 5. The Morgan fingerprint density at radius 3 is 2.57 bits per heavy atom. The van der Waals surface area contributed by atoms with Gasteiger partial charge in [0.1, 0.15) is 0 Å². The summed E-state index contributed by atoms with van der Waals surface area (Å²) in [5, 5.41) is 21.3. The SMILES string of the molecule is CCc1ccc(-c2nnnn2CC(CC)(CC)C(=O)O)s1. The summed E-state index contributed by atoms with van der Waals surface area (Å²) in [6, 6.07) is 4.05. The number of thiophene rings is 1. The van der Waals surface area contributed by atoms with Crippen LogP contribution in [0, 0.1) is 5.41 Å². The number of hydrogen-bond donors (Lipinski definition) is 1. The van der Waals surface area contributed by atoms with Crippen LogP contribution in [-0.2, 0) is 17.8 Å². The molecule has 0 aliphatic heterocycles. The standard InChI is InChI=1S/C14H20N4O2S/c1-4-10-7-8-11(21-10)12-15-16-17-18(12)9-14(5-2,6-3)13(19)20/h7-8H,4-6,9H2,1-3H3,(H,19,20). The first-order chi connectivity index (χ1) is 10.1. The number of tetrazole rings is 1. The molecule has 1 N–H and O–H groups in total. The van der Waals surface area contributed by atoms with Crippen molar-refractivity contribution in [3.8, 4) is 10.7 Å². The third-order valence-corrected chi connectivity index (χ3v) is 5.25. The van der Waals surface area contributed by atoms with Crippen molar-refractivity contribution >= 4 is 17.3 Å². The summed E-state index contributed by atoms with van der Waals surface area (Å²) in [5.41, 5.74) is -0.824. The average Bonchev–Trinajstić information content (AvgIpc) is 3.12. The highest BCUT2D eigenvalue weighted by Gasteiger charge is 2.36. The molecule has 2 rings (SSSR count). The zero-order chi connectivity index (χ0) is 15.5. The monoisotopic (exact) mass is 308 g/mol. The summed E-state index contributed by atoms with van der Waals surface area (Å²) in [4.78, 5) is 13.9. The lowest BCUT2D eigenvalue weighted by atomic mass is 9.82. The molecule has 0 spiro atoms. The molecule has 0 saturated carbocycles. The molecule has 0 atom stereocenters. The van der Waals surface area contributed by atoms with Crippen molar-refractivity contribution in [3.63, 3.8) is 0 Å². The molecule has 0 saturated heterocycles. The van der Waals surface area contributed by atoms with Gasteiger partial charge in [0.2, 0.25) is 0 Å². The van der Waals surface area contributed by atoms with Crippen LogP contribution in [0.5, 0.6) is 0 Å². The number of aryl methyl sites for hydroxylation is 1. The summed E-state index contributed by atoms with van der Waals surface area (Å²) in [6.07, 6.45) is 2.06. The molecular formula is C14H20N4O2S. The van der Waals surface area contributed by atoms with Crippen LogP contribution < -0.4 is 0 Å². The van der Waals surface area contributed by atoms with Gasteiger partial charge in [0.05, 0.1) is 16.8 Å². The first-order valence-corrected chi connectivity index (χ1v) is 7.96. The maximum Gasteiger partial charge on any atom is 0.311 e. The van der Waals surface area contributed by atoms with Crippen LogP contribution in [0.25, 0.3) is 10.7 Å². The van der Waals surface area contributed by atoms with Crippen LogP contribution in [0.3, 0.4) is 0 Å². The van der Waals surface area contributed by atoms with E-state index in [2.05, 4.69) is 28.5 Å². The van der Waals surface area contributed by atoms with Crippen molar-refractivity contribution in [3.05, 3.63) is 17.0 Å². The van der Waals surface area contributed by atoms with E-state index in [9.17, 15) is 9.90 Å². The number of carboxylic acid groups (broad SMARTS) is 1. The molecule has 0 aliphatic rings. The quantitative estimate of drug-likeness (QED) is 0.850. The Morgan fingerprint density at radius 2 is 2.05 bits per heavy atom. The Kier molecular flexibility index (Phi) is 4.72. The first kappa shape index (κ1) is 15.6. The molecule has 114 valence electrons. The molecule has 0 bridgehead atoms. The van der Waals surface area contributed by atoms with E-state index in [4.69, 9.17) is 0 Å². The van der Waals surface area contributed by atoms with E-state index in [-0.39, 0.29) is 6.54 Å². The average molecular weight is 308 g/mol. The highest BCUT2D eigenvalue weighted by Crippen LogP contribution is 2.32. The molecule has 0 aliphatic carbocycles. The van der Waals surface area contributed by atoms with Gasteiger partial charge in [-0.1, -0.05) is 20.8 Å². The summed E-state index contributed by atoms with van der Waals surface area (Å²) in [5.74, 6) is -0.151. The zero-order valence-corrected chi connectivity index (χ0v) is 13.4. The van der Waals surface area contributed by atoms with Crippen LogP contribution >= 0.6 is 11.3 Å². The lowest BCUT2D eigenvalue weighted by molar-refractivity contribution is -0.150. The van der Waals surface area contributed by atoms with E-state index in [0.29, 0.717) is 18.7 Å². The minimum Gasteiger partial charge on any atom is -0.481 e. The topological polar surface area (TPSA) is 80.9 Å². The van der Waals surface area contributed by atoms with Gasteiger partial charge in [0.25, 0.3) is 0 Å². The van der Waals surface area contributed by atoms with Crippen LogP contribution in [0.15, 0.2) is 12.1 Å². The van der Waals surface area contributed by atoms with Crippen molar-refractivity contribution in [1.29, 1.82) is 0 Å². The van der Waals surface area contributed by atoms with Crippen molar-refractivity contribution in [1.82, 2.24) is 20.2 Å². The molecule has 0 aromatic carbocycles. The predicted molar refractivity (Wildman–Crippen MR) is 81.2 cm³/mol. The molecule has 0 unspecified atom stereocenters. The number of nitrogens with zero attached hydrogens (tertiary/aromatic N) is 4. The van der Waals surface area contributed by atoms with E-state index < -0.39 is 11.4 Å². The predicted octanol–water partition coefficient (Wildman–Crippen LogP) is 2.86. The fourth-order valence-electron chi connectivity index (χ4n) is 2.31. The molecule has 0 fully saturated rings. The van der Waals surface area contributed by atoms with Crippen molar-refractivity contribution in [2.75, 3.05) is 0 Å². The number of rotatable bonds is 7. The number of carbonyl (C=O) groups is 1. The van der Waals surface area contributed by atoms with Crippen LogP contribution in [0.4, 0.5) is 0 Å². The Hall–Kier alpha value is -1.76. The van der Waals surface area contributed by atoms with E-state index in [1.54, 1.807) is 16.0 Å². The van der Waals surface area contributed by atoms with E-state index in [1.807, 2.05) is 19.9 Å². The number of aromatic nitrogens is 4. The highest BCUT2D eigenvalue weighted by molar-refractivity contribution is 7.15. The van der Waals surface area contributed by atoms with Crippen molar-refractivity contribution in [2.45, 2.75) is 46.6 Å². The second-order valence-electron chi connectivity index (χ2n) is 5.07. The second-order valence-corrected chi connectivity index (χ2v) is 6.24. The van der Waals surface area contributed by atoms with Crippen LogP contribution in [0.2, 0.25) is 0 Å². The fraction of sp³-hybridized carbons (Fsp3) is 0.571. The lowest BCUT2D eigenvalue weighted by Crippen LogP contribution is -2.35. The van der Waals surface area contributed by atoms with Crippen LogP contribution in [0.1, 0.15) is 38.5 Å². The van der Waals surface area contributed by atoms with E-state index in [0.717, 1.165) is 11.3 Å². The minimum absolute atomic E-state index is 0.289. The van der Waals surface area contributed by atoms with Gasteiger partial charge in [-0.3, -0.25) is 4.79 Å². The maximum atomic E-state index is 11.6. The molecule has 21 heavy (non-hydrogen) atoms. The Balaban J connectivity index is 2.34. The van der Waals surface area contributed by atoms with Crippen molar-refractivity contribution in [2.24, 2.45) is 5.41 Å². The Bertz CT molecular complexity index is 616. The minimum atomic E-state index is -0.824. The Labute approximate surface area is 127 Å². The van der Waals surface area contributed by atoms with E-state index >= 15 is 0 Å². The van der Waals surface area contributed by atoms with E-state index in [1.165, 1.54) is 4.88 Å². The molecule has 7 heteroatoms. The summed E-state index contributed by atoms with van der Waals surface area (Å²) < 4.78 is 1.62. The molecule has 2 aromatic rings.